The van der Waals surface area contributed by atoms with Crippen molar-refractivity contribution in [1.29, 1.82) is 0 Å². The highest BCUT2D eigenvalue weighted by molar-refractivity contribution is 5.92. The summed E-state index contributed by atoms with van der Waals surface area (Å²) < 4.78 is 4.59. The van der Waals surface area contributed by atoms with Gasteiger partial charge in [0.2, 0.25) is 5.91 Å². The second kappa shape index (κ2) is 7.61. The molecule has 3 atom stereocenters. The molecule has 2 saturated heterocycles. The number of rotatable bonds is 4. The molecule has 7 heteroatoms. The number of likely N-dealkylation sites (tertiary alicyclic amines) is 2. The van der Waals surface area contributed by atoms with Crippen molar-refractivity contribution < 1.29 is 14.2 Å². The Balaban J connectivity index is 1.37. The van der Waals surface area contributed by atoms with Gasteiger partial charge in [-0.2, -0.15) is 0 Å². The van der Waals surface area contributed by atoms with Gasteiger partial charge in [-0.05, 0) is 29.5 Å². The van der Waals surface area contributed by atoms with E-state index in [1.165, 1.54) is 31.9 Å². The Kier molecular flexibility index (Phi) is 4.81. The fourth-order valence-electron chi connectivity index (χ4n) is 5.54. The highest BCUT2D eigenvalue weighted by Crippen LogP contribution is 2.46. The van der Waals surface area contributed by atoms with Crippen molar-refractivity contribution in [2.45, 2.75) is 38.1 Å². The van der Waals surface area contributed by atoms with Gasteiger partial charge in [-0.25, -0.2) is 4.63 Å². The van der Waals surface area contributed by atoms with Crippen LogP contribution in [0, 0.1) is 17.8 Å². The van der Waals surface area contributed by atoms with Crippen molar-refractivity contribution in [3.8, 4) is 0 Å². The number of aromatic nitrogens is 2. The average Bonchev–Trinajstić information content (AvgIpc) is 3.51. The first-order chi connectivity index (χ1) is 14.2. The van der Waals surface area contributed by atoms with E-state index in [4.69, 9.17) is 0 Å². The predicted octanol–water partition coefficient (Wildman–Crippen LogP) is 2.92. The summed E-state index contributed by atoms with van der Waals surface area (Å²) in [4.78, 5) is 29.9. The standard InChI is InChI=1S/C22H26N4O3/c27-20(10-15-6-4-5-7-15)26-13-17-12-25(22(28)19-11-23-29-24-19)14-18(17)21(26)16-8-2-1-3-9-16/h1-3,8-9,11,15,17-18,21H,4-7,10,12-14H2/t17-,18-,21+/m0/s1. The van der Waals surface area contributed by atoms with Crippen LogP contribution in [0.5, 0.6) is 0 Å². The van der Waals surface area contributed by atoms with Gasteiger partial charge in [0.1, 0.15) is 6.20 Å². The molecule has 0 radical (unpaired) electrons. The lowest BCUT2D eigenvalue weighted by molar-refractivity contribution is -0.133. The lowest BCUT2D eigenvalue weighted by Crippen LogP contribution is -2.38. The number of benzene rings is 1. The fraction of sp³-hybridized carbons (Fsp3) is 0.545. The maximum absolute atomic E-state index is 13.2. The molecule has 1 aromatic carbocycles. The SMILES string of the molecule is O=C(c1cnon1)N1C[C@H]2CN(C(=O)CC3CCCC3)[C@H](c3ccccc3)[C@H]2C1. The summed E-state index contributed by atoms with van der Waals surface area (Å²) in [6.45, 7) is 1.99. The monoisotopic (exact) mass is 394 g/mol. The number of carbonyl (C=O) groups is 2. The van der Waals surface area contributed by atoms with Crippen molar-refractivity contribution in [3.63, 3.8) is 0 Å². The Morgan fingerprint density at radius 3 is 2.59 bits per heavy atom. The number of amides is 2. The number of nitrogens with zero attached hydrogens (tertiary/aromatic N) is 4. The van der Waals surface area contributed by atoms with E-state index in [0.717, 1.165) is 12.1 Å². The molecular formula is C22H26N4O3. The van der Waals surface area contributed by atoms with Gasteiger partial charge in [-0.1, -0.05) is 48.3 Å². The molecule has 2 aromatic rings. The Morgan fingerprint density at radius 2 is 1.86 bits per heavy atom. The van der Waals surface area contributed by atoms with Crippen LogP contribution >= 0.6 is 0 Å². The van der Waals surface area contributed by atoms with Gasteiger partial charge in [0.05, 0.1) is 6.04 Å². The Morgan fingerprint density at radius 1 is 1.07 bits per heavy atom. The Bertz CT molecular complexity index is 863. The van der Waals surface area contributed by atoms with Crippen LogP contribution < -0.4 is 0 Å². The van der Waals surface area contributed by atoms with E-state index in [9.17, 15) is 9.59 Å². The second-order valence-corrected chi connectivity index (χ2v) is 8.68. The van der Waals surface area contributed by atoms with Gasteiger partial charge in [0.15, 0.2) is 5.69 Å². The lowest BCUT2D eigenvalue weighted by Gasteiger charge is -2.30. The zero-order chi connectivity index (χ0) is 19.8. The molecule has 0 bridgehead atoms. The smallest absolute Gasteiger partial charge is 0.277 e. The van der Waals surface area contributed by atoms with Crippen LogP contribution in [0.1, 0.15) is 54.2 Å². The zero-order valence-corrected chi connectivity index (χ0v) is 16.4. The average molecular weight is 394 g/mol. The Hall–Kier alpha value is -2.70. The fourth-order valence-corrected chi connectivity index (χ4v) is 5.54. The third-order valence-electron chi connectivity index (χ3n) is 6.93. The molecular weight excluding hydrogens is 368 g/mol. The van der Waals surface area contributed by atoms with Crippen LogP contribution in [-0.4, -0.2) is 51.6 Å². The molecule has 2 aliphatic heterocycles. The third-order valence-corrected chi connectivity index (χ3v) is 6.93. The second-order valence-electron chi connectivity index (χ2n) is 8.68. The van der Waals surface area contributed by atoms with Gasteiger partial charge < -0.3 is 9.80 Å². The van der Waals surface area contributed by atoms with E-state index >= 15 is 0 Å². The first-order valence-electron chi connectivity index (χ1n) is 10.6. The number of hydrogen-bond acceptors (Lipinski definition) is 5. The summed E-state index contributed by atoms with van der Waals surface area (Å²) in [5.74, 6) is 1.21. The van der Waals surface area contributed by atoms with E-state index in [2.05, 4.69) is 32.0 Å². The van der Waals surface area contributed by atoms with Gasteiger partial charge in [0, 0.05) is 37.9 Å². The molecule has 0 unspecified atom stereocenters. The molecule has 152 valence electrons. The van der Waals surface area contributed by atoms with E-state index in [1.54, 1.807) is 0 Å². The van der Waals surface area contributed by atoms with E-state index in [0.29, 0.717) is 25.4 Å². The first-order valence-corrected chi connectivity index (χ1v) is 10.6. The summed E-state index contributed by atoms with van der Waals surface area (Å²) in [5, 5.41) is 7.24. The molecule has 1 aliphatic carbocycles. The van der Waals surface area contributed by atoms with Gasteiger partial charge in [-0.3, -0.25) is 9.59 Å². The highest BCUT2D eigenvalue weighted by Gasteiger charge is 2.50. The molecule has 0 N–H and O–H groups in total. The number of carbonyl (C=O) groups excluding carboxylic acids is 2. The van der Waals surface area contributed by atoms with E-state index in [1.807, 2.05) is 23.1 Å². The minimum absolute atomic E-state index is 0.0309. The summed E-state index contributed by atoms with van der Waals surface area (Å²) in [6.07, 6.45) is 6.88. The van der Waals surface area contributed by atoms with Crippen molar-refractivity contribution in [2.24, 2.45) is 17.8 Å². The highest BCUT2D eigenvalue weighted by atomic mass is 16.6. The molecule has 1 saturated carbocycles. The van der Waals surface area contributed by atoms with Crippen molar-refractivity contribution in [1.82, 2.24) is 20.1 Å². The molecule has 29 heavy (non-hydrogen) atoms. The summed E-state index contributed by atoms with van der Waals surface area (Å²) >= 11 is 0. The third kappa shape index (κ3) is 3.43. The van der Waals surface area contributed by atoms with Crippen LogP contribution in [0.3, 0.4) is 0 Å². The quantitative estimate of drug-likeness (QED) is 0.797. The lowest BCUT2D eigenvalue weighted by atomic mass is 9.89. The largest absolute Gasteiger partial charge is 0.336 e. The van der Waals surface area contributed by atoms with E-state index < -0.39 is 0 Å². The topological polar surface area (TPSA) is 79.5 Å². The molecule has 2 amide bonds. The van der Waals surface area contributed by atoms with Gasteiger partial charge in [0.25, 0.3) is 5.91 Å². The van der Waals surface area contributed by atoms with Crippen molar-refractivity contribution in [3.05, 3.63) is 47.8 Å². The molecule has 3 aliphatic rings. The van der Waals surface area contributed by atoms with Crippen molar-refractivity contribution >= 4 is 11.8 Å². The van der Waals surface area contributed by atoms with Crippen LogP contribution in [-0.2, 0) is 4.79 Å². The zero-order valence-electron chi connectivity index (χ0n) is 16.4. The molecule has 0 spiro atoms. The van der Waals surface area contributed by atoms with Crippen LogP contribution in [0.2, 0.25) is 0 Å². The summed E-state index contributed by atoms with van der Waals surface area (Å²) in [7, 11) is 0. The molecule has 3 heterocycles. The maximum Gasteiger partial charge on any atom is 0.277 e. The molecule has 1 aromatic heterocycles. The van der Waals surface area contributed by atoms with E-state index in [-0.39, 0.29) is 35.4 Å². The normalized spacial score (nSPS) is 26.8. The molecule has 3 fully saturated rings. The maximum atomic E-state index is 13.2. The summed E-state index contributed by atoms with van der Waals surface area (Å²) in [5.41, 5.74) is 1.41. The van der Waals surface area contributed by atoms with Crippen LogP contribution in [0.15, 0.2) is 41.2 Å². The van der Waals surface area contributed by atoms with Gasteiger partial charge >= 0.3 is 0 Å². The minimum atomic E-state index is -0.142. The van der Waals surface area contributed by atoms with Crippen LogP contribution in [0.4, 0.5) is 0 Å². The number of fused-ring (bicyclic) bond motifs is 1. The summed E-state index contributed by atoms with van der Waals surface area (Å²) in [6, 6.07) is 10.3. The molecule has 7 nitrogen and oxygen atoms in total. The van der Waals surface area contributed by atoms with Crippen LogP contribution in [0.25, 0.3) is 0 Å². The van der Waals surface area contributed by atoms with Gasteiger partial charge in [-0.15, -0.1) is 0 Å². The Labute approximate surface area is 170 Å². The predicted molar refractivity (Wildman–Crippen MR) is 105 cm³/mol. The minimum Gasteiger partial charge on any atom is -0.336 e. The molecule has 5 rings (SSSR count). The van der Waals surface area contributed by atoms with Crippen molar-refractivity contribution in [2.75, 3.05) is 19.6 Å². The first kappa shape index (κ1) is 18.3. The number of hydrogen-bond donors (Lipinski definition) is 0.